The molecule has 2 aromatic rings. The molecule has 7 nitrogen and oxygen atoms in total. The molecule has 0 amide bonds. The SMILES string of the molecule is CC(C(=O)OC(C)(C)C)c1nc(-c2cnccn2)no1. The lowest BCUT2D eigenvalue weighted by Gasteiger charge is -2.20. The molecule has 106 valence electrons. The van der Waals surface area contributed by atoms with E-state index in [1.165, 1.54) is 12.4 Å². The van der Waals surface area contributed by atoms with E-state index < -0.39 is 17.5 Å². The van der Waals surface area contributed by atoms with Crippen molar-refractivity contribution in [2.75, 3.05) is 0 Å². The summed E-state index contributed by atoms with van der Waals surface area (Å²) < 4.78 is 10.4. The Kier molecular flexibility index (Phi) is 3.78. The Morgan fingerprint density at radius 3 is 2.70 bits per heavy atom. The van der Waals surface area contributed by atoms with Crippen molar-refractivity contribution in [3.63, 3.8) is 0 Å². The van der Waals surface area contributed by atoms with Crippen molar-refractivity contribution in [1.29, 1.82) is 0 Å². The summed E-state index contributed by atoms with van der Waals surface area (Å²) in [6, 6.07) is 0. The zero-order valence-electron chi connectivity index (χ0n) is 11.8. The van der Waals surface area contributed by atoms with Crippen LogP contribution < -0.4 is 0 Å². The van der Waals surface area contributed by atoms with Crippen molar-refractivity contribution < 1.29 is 14.1 Å². The average Bonchev–Trinajstić information content (AvgIpc) is 2.86. The monoisotopic (exact) mass is 276 g/mol. The van der Waals surface area contributed by atoms with E-state index in [1.54, 1.807) is 33.9 Å². The molecule has 20 heavy (non-hydrogen) atoms. The minimum Gasteiger partial charge on any atom is -0.459 e. The van der Waals surface area contributed by atoms with Crippen molar-refractivity contribution >= 4 is 5.97 Å². The van der Waals surface area contributed by atoms with Gasteiger partial charge in [-0.1, -0.05) is 5.16 Å². The third-order valence-corrected chi connectivity index (χ3v) is 2.36. The van der Waals surface area contributed by atoms with Crippen LogP contribution in [-0.2, 0) is 9.53 Å². The Balaban J connectivity index is 2.15. The topological polar surface area (TPSA) is 91.0 Å². The zero-order valence-corrected chi connectivity index (χ0v) is 11.8. The molecule has 7 heteroatoms. The highest BCUT2D eigenvalue weighted by Gasteiger charge is 2.27. The van der Waals surface area contributed by atoms with Crippen molar-refractivity contribution in [2.24, 2.45) is 0 Å². The molecule has 2 heterocycles. The van der Waals surface area contributed by atoms with Gasteiger partial charge < -0.3 is 9.26 Å². The summed E-state index contributed by atoms with van der Waals surface area (Å²) in [6.45, 7) is 7.06. The molecule has 2 aromatic heterocycles. The number of esters is 1. The van der Waals surface area contributed by atoms with E-state index in [0.29, 0.717) is 11.5 Å². The van der Waals surface area contributed by atoms with E-state index in [2.05, 4.69) is 20.1 Å². The van der Waals surface area contributed by atoms with Crippen molar-refractivity contribution in [1.82, 2.24) is 20.1 Å². The number of hydrogen-bond acceptors (Lipinski definition) is 7. The highest BCUT2D eigenvalue weighted by molar-refractivity contribution is 5.76. The van der Waals surface area contributed by atoms with Crippen LogP contribution in [0.1, 0.15) is 39.5 Å². The predicted molar refractivity (Wildman–Crippen MR) is 69.6 cm³/mol. The predicted octanol–water partition coefficient (Wildman–Crippen LogP) is 1.97. The maximum absolute atomic E-state index is 11.9. The van der Waals surface area contributed by atoms with Crippen LogP contribution in [0.5, 0.6) is 0 Å². The molecule has 0 aliphatic rings. The van der Waals surface area contributed by atoms with Gasteiger partial charge in [0, 0.05) is 12.4 Å². The lowest BCUT2D eigenvalue weighted by molar-refractivity contribution is -0.156. The smallest absolute Gasteiger partial charge is 0.318 e. The Hall–Kier alpha value is -2.31. The average molecular weight is 276 g/mol. The number of hydrogen-bond donors (Lipinski definition) is 0. The minimum absolute atomic E-state index is 0.194. The Labute approximate surface area is 116 Å². The van der Waals surface area contributed by atoms with Crippen molar-refractivity contribution in [2.45, 2.75) is 39.2 Å². The number of aromatic nitrogens is 4. The van der Waals surface area contributed by atoms with Gasteiger partial charge in [-0.05, 0) is 27.7 Å². The highest BCUT2D eigenvalue weighted by atomic mass is 16.6. The lowest BCUT2D eigenvalue weighted by Crippen LogP contribution is -2.26. The number of carbonyl (C=O) groups excluding carboxylic acids is 1. The maximum Gasteiger partial charge on any atom is 0.318 e. The molecular weight excluding hydrogens is 260 g/mol. The quantitative estimate of drug-likeness (QED) is 0.791. The first kappa shape index (κ1) is 14.1. The first-order valence-electron chi connectivity index (χ1n) is 6.19. The van der Waals surface area contributed by atoms with Crippen LogP contribution in [-0.4, -0.2) is 31.7 Å². The van der Waals surface area contributed by atoms with E-state index in [1.807, 2.05) is 0 Å². The van der Waals surface area contributed by atoms with E-state index >= 15 is 0 Å². The molecule has 1 unspecified atom stereocenters. The van der Waals surface area contributed by atoms with E-state index in [9.17, 15) is 4.79 Å². The number of rotatable bonds is 3. The van der Waals surface area contributed by atoms with Crippen LogP contribution in [0.15, 0.2) is 23.1 Å². The first-order valence-corrected chi connectivity index (χ1v) is 6.19. The molecule has 0 aliphatic heterocycles. The van der Waals surface area contributed by atoms with E-state index in [4.69, 9.17) is 9.26 Å². The molecule has 1 atom stereocenters. The number of carbonyl (C=O) groups is 1. The molecule has 0 spiro atoms. The van der Waals surface area contributed by atoms with Crippen LogP contribution >= 0.6 is 0 Å². The normalized spacial score (nSPS) is 13.0. The lowest BCUT2D eigenvalue weighted by atomic mass is 10.1. The fourth-order valence-corrected chi connectivity index (χ4v) is 1.42. The molecule has 0 N–H and O–H groups in total. The Bertz CT molecular complexity index is 589. The maximum atomic E-state index is 11.9. The van der Waals surface area contributed by atoms with Gasteiger partial charge in [0.05, 0.1) is 6.20 Å². The second kappa shape index (κ2) is 5.36. The molecule has 2 rings (SSSR count). The third kappa shape index (κ3) is 3.37. The standard InChI is InChI=1S/C13H16N4O3/c1-8(12(18)19-13(2,3)4)11-16-10(17-20-11)9-7-14-5-6-15-9/h5-8H,1-4H3. The summed E-state index contributed by atoms with van der Waals surface area (Å²) in [7, 11) is 0. The van der Waals surface area contributed by atoms with Crippen molar-refractivity contribution in [3.8, 4) is 11.5 Å². The first-order chi connectivity index (χ1) is 9.37. The summed E-state index contributed by atoms with van der Waals surface area (Å²) in [6.07, 6.45) is 4.60. The van der Waals surface area contributed by atoms with Crippen LogP contribution in [0.3, 0.4) is 0 Å². The molecule has 0 radical (unpaired) electrons. The Morgan fingerprint density at radius 1 is 1.35 bits per heavy atom. The van der Waals surface area contributed by atoms with Crippen LogP contribution in [0.25, 0.3) is 11.5 Å². The van der Waals surface area contributed by atoms with Gasteiger partial charge in [0.1, 0.15) is 17.2 Å². The summed E-state index contributed by atoms with van der Waals surface area (Å²) in [5.74, 6) is -0.553. The van der Waals surface area contributed by atoms with Gasteiger partial charge in [-0.15, -0.1) is 0 Å². The van der Waals surface area contributed by atoms with E-state index in [0.717, 1.165) is 0 Å². The van der Waals surface area contributed by atoms with Crippen LogP contribution in [0, 0.1) is 0 Å². The second-order valence-electron chi connectivity index (χ2n) is 5.30. The van der Waals surface area contributed by atoms with Gasteiger partial charge in [-0.3, -0.25) is 9.78 Å². The molecule has 0 saturated heterocycles. The fraction of sp³-hybridized carbons (Fsp3) is 0.462. The number of ether oxygens (including phenoxy) is 1. The molecule has 0 saturated carbocycles. The molecule has 0 aliphatic carbocycles. The van der Waals surface area contributed by atoms with Gasteiger partial charge in [0.15, 0.2) is 0 Å². The van der Waals surface area contributed by atoms with Crippen molar-refractivity contribution in [3.05, 3.63) is 24.5 Å². The van der Waals surface area contributed by atoms with E-state index in [-0.39, 0.29) is 5.89 Å². The molecular formula is C13H16N4O3. The Morgan fingerprint density at radius 2 is 2.10 bits per heavy atom. The highest BCUT2D eigenvalue weighted by Crippen LogP contribution is 2.21. The van der Waals surface area contributed by atoms with Gasteiger partial charge in [0.25, 0.3) is 0 Å². The third-order valence-electron chi connectivity index (χ3n) is 2.36. The van der Waals surface area contributed by atoms with Gasteiger partial charge >= 0.3 is 5.97 Å². The zero-order chi connectivity index (χ0) is 14.8. The van der Waals surface area contributed by atoms with Gasteiger partial charge in [0.2, 0.25) is 11.7 Å². The summed E-state index contributed by atoms with van der Waals surface area (Å²) in [4.78, 5) is 24.1. The summed E-state index contributed by atoms with van der Waals surface area (Å²) in [5.41, 5.74) is -0.0714. The van der Waals surface area contributed by atoms with Gasteiger partial charge in [-0.2, -0.15) is 4.98 Å². The van der Waals surface area contributed by atoms with Crippen LogP contribution in [0.2, 0.25) is 0 Å². The van der Waals surface area contributed by atoms with Crippen LogP contribution in [0.4, 0.5) is 0 Å². The molecule has 0 bridgehead atoms. The molecule has 0 fully saturated rings. The largest absolute Gasteiger partial charge is 0.459 e. The summed E-state index contributed by atoms with van der Waals surface area (Å²) in [5, 5.41) is 3.79. The number of nitrogens with zero attached hydrogens (tertiary/aromatic N) is 4. The minimum atomic E-state index is -0.632. The van der Waals surface area contributed by atoms with Gasteiger partial charge in [-0.25, -0.2) is 4.98 Å². The molecule has 0 aromatic carbocycles. The second-order valence-corrected chi connectivity index (χ2v) is 5.30. The summed E-state index contributed by atoms with van der Waals surface area (Å²) >= 11 is 0. The fourth-order valence-electron chi connectivity index (χ4n) is 1.42.